The zero-order valence-corrected chi connectivity index (χ0v) is 4.57. The lowest BCUT2D eigenvalue weighted by molar-refractivity contribution is 0.585. The fourth-order valence-electron chi connectivity index (χ4n) is 0.575. The molecule has 0 unspecified atom stereocenters. The van der Waals surface area contributed by atoms with Gasteiger partial charge < -0.3 is 0 Å². The van der Waals surface area contributed by atoms with Crippen LogP contribution in [0.4, 0.5) is 8.78 Å². The molecular formula is C6H3BF2. The minimum Gasteiger partial charge on any atom is -0.207 e. The molecule has 0 aliphatic carbocycles. The summed E-state index contributed by atoms with van der Waals surface area (Å²) in [6, 6.07) is 2.89. The van der Waals surface area contributed by atoms with Gasteiger partial charge >= 0.3 is 0 Å². The molecule has 0 nitrogen and oxygen atoms in total. The maximum Gasteiger partial charge on any atom is 0.125 e. The monoisotopic (exact) mass is 124 g/mol. The average Bonchev–Trinajstić information content (AvgIpc) is 1.59. The van der Waals surface area contributed by atoms with Crippen molar-refractivity contribution in [2.45, 2.75) is 0 Å². The third-order valence-corrected chi connectivity index (χ3v) is 0.885. The van der Waals surface area contributed by atoms with Crippen molar-refractivity contribution in [3.05, 3.63) is 29.8 Å². The normalized spacial score (nSPS) is 9.56. The van der Waals surface area contributed by atoms with Crippen LogP contribution in [0.5, 0.6) is 0 Å². The molecule has 0 amide bonds. The summed E-state index contributed by atoms with van der Waals surface area (Å²) >= 11 is 0. The second-order valence-electron chi connectivity index (χ2n) is 1.70. The summed E-state index contributed by atoms with van der Waals surface area (Å²) in [6.07, 6.45) is 0. The number of benzene rings is 1. The van der Waals surface area contributed by atoms with E-state index in [1.807, 2.05) is 0 Å². The Morgan fingerprint density at radius 2 is 1.44 bits per heavy atom. The highest BCUT2D eigenvalue weighted by atomic mass is 19.1. The summed E-state index contributed by atoms with van der Waals surface area (Å²) in [5, 5.41) is 0. The third-order valence-electron chi connectivity index (χ3n) is 0.885. The van der Waals surface area contributed by atoms with E-state index in [1.165, 1.54) is 0 Å². The fourth-order valence-corrected chi connectivity index (χ4v) is 0.575. The van der Waals surface area contributed by atoms with Crippen molar-refractivity contribution < 1.29 is 8.78 Å². The van der Waals surface area contributed by atoms with Crippen LogP contribution in [0.1, 0.15) is 0 Å². The molecular weight excluding hydrogens is 121 g/mol. The second kappa shape index (κ2) is 2.17. The number of rotatable bonds is 0. The summed E-state index contributed by atoms with van der Waals surface area (Å²) in [5.41, 5.74) is 0.104. The van der Waals surface area contributed by atoms with E-state index in [0.29, 0.717) is 0 Å². The van der Waals surface area contributed by atoms with Crippen molar-refractivity contribution >= 4 is 13.3 Å². The van der Waals surface area contributed by atoms with Gasteiger partial charge in [0.2, 0.25) is 0 Å². The topological polar surface area (TPSA) is 0 Å². The molecule has 0 aromatic heterocycles. The van der Waals surface area contributed by atoms with Crippen LogP contribution in [0, 0.1) is 11.6 Å². The van der Waals surface area contributed by atoms with Crippen LogP contribution in [0.3, 0.4) is 0 Å². The zero-order valence-electron chi connectivity index (χ0n) is 4.57. The molecule has 9 heavy (non-hydrogen) atoms. The minimum atomic E-state index is -0.646. The van der Waals surface area contributed by atoms with Crippen molar-refractivity contribution in [3.63, 3.8) is 0 Å². The lowest BCUT2D eigenvalue weighted by atomic mass is 9.96. The SMILES string of the molecule is [B]c1cc(F)cc(F)c1. The van der Waals surface area contributed by atoms with Gasteiger partial charge in [-0.3, -0.25) is 0 Å². The minimum absolute atomic E-state index is 0.104. The molecule has 44 valence electrons. The second-order valence-corrected chi connectivity index (χ2v) is 1.70. The molecule has 1 aromatic carbocycles. The van der Waals surface area contributed by atoms with E-state index in [1.54, 1.807) is 0 Å². The average molecular weight is 124 g/mol. The van der Waals surface area contributed by atoms with Gasteiger partial charge in [-0.05, 0) is 12.1 Å². The first-order valence-corrected chi connectivity index (χ1v) is 2.40. The van der Waals surface area contributed by atoms with Gasteiger partial charge in [-0.15, -0.1) is 0 Å². The molecule has 0 spiro atoms. The van der Waals surface area contributed by atoms with Crippen LogP contribution in [0.15, 0.2) is 18.2 Å². The summed E-state index contributed by atoms with van der Waals surface area (Å²) in [7, 11) is 5.08. The van der Waals surface area contributed by atoms with Crippen molar-refractivity contribution in [1.82, 2.24) is 0 Å². The van der Waals surface area contributed by atoms with Crippen molar-refractivity contribution in [2.75, 3.05) is 0 Å². The van der Waals surface area contributed by atoms with Gasteiger partial charge in [0.1, 0.15) is 19.5 Å². The Bertz CT molecular complexity index is 172. The Kier molecular flexibility index (Phi) is 1.51. The maximum atomic E-state index is 12.1. The van der Waals surface area contributed by atoms with Gasteiger partial charge in [0.25, 0.3) is 0 Å². The molecule has 3 heteroatoms. The van der Waals surface area contributed by atoms with Crippen LogP contribution >= 0.6 is 0 Å². The van der Waals surface area contributed by atoms with E-state index in [2.05, 4.69) is 0 Å². The predicted octanol–water partition coefficient (Wildman–Crippen LogP) is 0.759. The quantitative estimate of drug-likeness (QED) is 0.447. The van der Waals surface area contributed by atoms with E-state index in [9.17, 15) is 8.78 Å². The Morgan fingerprint density at radius 1 is 1.00 bits per heavy atom. The van der Waals surface area contributed by atoms with E-state index in [-0.39, 0.29) is 5.46 Å². The Morgan fingerprint density at radius 3 is 1.78 bits per heavy atom. The molecule has 0 saturated heterocycles. The molecule has 2 radical (unpaired) electrons. The smallest absolute Gasteiger partial charge is 0.125 e. The lowest BCUT2D eigenvalue weighted by Gasteiger charge is -1.91. The Hall–Kier alpha value is -0.855. The molecule has 0 aliphatic rings. The van der Waals surface area contributed by atoms with E-state index < -0.39 is 11.6 Å². The molecule has 0 atom stereocenters. The molecule has 0 bridgehead atoms. The summed E-state index contributed by atoms with van der Waals surface area (Å²) in [6.45, 7) is 0. The van der Waals surface area contributed by atoms with Crippen molar-refractivity contribution in [3.8, 4) is 0 Å². The van der Waals surface area contributed by atoms with Gasteiger partial charge in [0.15, 0.2) is 0 Å². The van der Waals surface area contributed by atoms with E-state index >= 15 is 0 Å². The van der Waals surface area contributed by atoms with Gasteiger partial charge in [-0.2, -0.15) is 0 Å². The first-order chi connectivity index (χ1) is 4.18. The fraction of sp³-hybridized carbons (Fsp3) is 0. The first-order valence-electron chi connectivity index (χ1n) is 2.40. The summed E-state index contributed by atoms with van der Waals surface area (Å²) in [5.74, 6) is -1.29. The zero-order chi connectivity index (χ0) is 6.85. The Balaban J connectivity index is 3.17. The molecule has 0 aliphatic heterocycles. The predicted molar refractivity (Wildman–Crippen MR) is 31.7 cm³/mol. The van der Waals surface area contributed by atoms with Gasteiger partial charge in [-0.25, -0.2) is 8.78 Å². The highest BCUT2D eigenvalue weighted by molar-refractivity contribution is 6.32. The third kappa shape index (κ3) is 1.52. The molecule has 1 aromatic rings. The van der Waals surface area contributed by atoms with Crippen LogP contribution in [-0.4, -0.2) is 7.85 Å². The lowest BCUT2D eigenvalue weighted by Crippen LogP contribution is -2.03. The molecule has 0 fully saturated rings. The molecule has 0 heterocycles. The summed E-state index contributed by atoms with van der Waals surface area (Å²) < 4.78 is 24.2. The molecule has 0 saturated carbocycles. The van der Waals surface area contributed by atoms with E-state index in [0.717, 1.165) is 18.2 Å². The van der Waals surface area contributed by atoms with Crippen LogP contribution in [0.2, 0.25) is 0 Å². The van der Waals surface area contributed by atoms with Crippen LogP contribution in [0.25, 0.3) is 0 Å². The van der Waals surface area contributed by atoms with Gasteiger partial charge in [-0.1, -0.05) is 5.46 Å². The highest BCUT2D eigenvalue weighted by Crippen LogP contribution is 1.97. The van der Waals surface area contributed by atoms with Gasteiger partial charge in [0.05, 0.1) is 0 Å². The highest BCUT2D eigenvalue weighted by Gasteiger charge is 1.93. The molecule has 1 rings (SSSR count). The standard InChI is InChI=1S/C6H3BF2/c7-4-1-5(8)3-6(9)2-4/h1-3H. The number of hydrogen-bond acceptors (Lipinski definition) is 0. The van der Waals surface area contributed by atoms with E-state index in [4.69, 9.17) is 7.85 Å². The van der Waals surface area contributed by atoms with Gasteiger partial charge in [0, 0.05) is 6.07 Å². The number of halogens is 2. The first kappa shape index (κ1) is 6.27. The maximum absolute atomic E-state index is 12.1. The molecule has 0 N–H and O–H groups in total. The summed E-state index contributed by atoms with van der Waals surface area (Å²) in [4.78, 5) is 0. The van der Waals surface area contributed by atoms with Crippen molar-refractivity contribution in [2.24, 2.45) is 0 Å². The Labute approximate surface area is 52.9 Å². The van der Waals surface area contributed by atoms with Crippen LogP contribution < -0.4 is 5.46 Å². The van der Waals surface area contributed by atoms with Crippen molar-refractivity contribution in [1.29, 1.82) is 0 Å². The van der Waals surface area contributed by atoms with Crippen LogP contribution in [-0.2, 0) is 0 Å². The largest absolute Gasteiger partial charge is 0.207 e. The number of hydrogen-bond donors (Lipinski definition) is 0.